The Labute approximate surface area is 165 Å². The van der Waals surface area contributed by atoms with E-state index in [4.69, 9.17) is 16.2 Å². The van der Waals surface area contributed by atoms with Crippen molar-refractivity contribution in [1.29, 1.82) is 0 Å². The number of carbonyl (C=O) groups excluding carboxylic acids is 1. The molecule has 28 heavy (non-hydrogen) atoms. The summed E-state index contributed by atoms with van der Waals surface area (Å²) in [6.45, 7) is 8.58. The predicted octanol–water partition coefficient (Wildman–Crippen LogP) is 3.69. The van der Waals surface area contributed by atoms with Crippen LogP contribution in [0.4, 0.5) is 17.6 Å². The maximum atomic E-state index is 12.2. The lowest BCUT2D eigenvalue weighted by Gasteiger charge is -2.20. The SMILES string of the molecule is CC(CCC1CNc2nc(N)nc(N)c21)c1ccc(C(=O)OC(C)(C)C)cc1. The van der Waals surface area contributed by atoms with Gasteiger partial charge < -0.3 is 21.5 Å². The molecule has 0 spiro atoms. The number of nitrogens with two attached hydrogens (primary N) is 2. The van der Waals surface area contributed by atoms with Gasteiger partial charge in [-0.1, -0.05) is 19.1 Å². The fourth-order valence-electron chi connectivity index (χ4n) is 3.51. The number of ether oxygens (including phenoxy) is 1. The fraction of sp³-hybridized carbons (Fsp3) is 0.476. The van der Waals surface area contributed by atoms with Gasteiger partial charge in [-0.2, -0.15) is 9.97 Å². The number of hydrogen-bond donors (Lipinski definition) is 3. The Morgan fingerprint density at radius 1 is 1.25 bits per heavy atom. The molecule has 1 aromatic heterocycles. The average molecular weight is 383 g/mol. The molecule has 7 nitrogen and oxygen atoms in total. The quantitative estimate of drug-likeness (QED) is 0.674. The van der Waals surface area contributed by atoms with E-state index in [0.717, 1.165) is 30.8 Å². The van der Waals surface area contributed by atoms with Gasteiger partial charge in [0.2, 0.25) is 5.95 Å². The highest BCUT2D eigenvalue weighted by Crippen LogP contribution is 2.38. The van der Waals surface area contributed by atoms with Crippen LogP contribution in [0.2, 0.25) is 0 Å². The highest BCUT2D eigenvalue weighted by Gasteiger charge is 2.27. The zero-order valence-corrected chi connectivity index (χ0v) is 17.0. The summed E-state index contributed by atoms with van der Waals surface area (Å²) in [6.07, 6.45) is 1.95. The molecule has 0 saturated carbocycles. The zero-order chi connectivity index (χ0) is 20.5. The van der Waals surface area contributed by atoms with Crippen molar-refractivity contribution in [3.05, 3.63) is 41.0 Å². The van der Waals surface area contributed by atoms with Crippen molar-refractivity contribution < 1.29 is 9.53 Å². The Bertz CT molecular complexity index is 858. The van der Waals surface area contributed by atoms with Crippen molar-refractivity contribution in [1.82, 2.24) is 9.97 Å². The van der Waals surface area contributed by atoms with Crippen molar-refractivity contribution in [2.24, 2.45) is 0 Å². The molecule has 0 radical (unpaired) electrons. The first-order chi connectivity index (χ1) is 13.1. The van der Waals surface area contributed by atoms with Gasteiger partial charge in [-0.25, -0.2) is 4.79 Å². The van der Waals surface area contributed by atoms with E-state index >= 15 is 0 Å². The average Bonchev–Trinajstić information content (AvgIpc) is 3.01. The van der Waals surface area contributed by atoms with Crippen molar-refractivity contribution in [2.75, 3.05) is 23.3 Å². The predicted molar refractivity (Wildman–Crippen MR) is 111 cm³/mol. The second-order valence-corrected chi connectivity index (χ2v) is 8.41. The van der Waals surface area contributed by atoms with E-state index in [1.54, 1.807) is 0 Å². The maximum absolute atomic E-state index is 12.2. The molecule has 2 heterocycles. The highest BCUT2D eigenvalue weighted by molar-refractivity contribution is 5.89. The van der Waals surface area contributed by atoms with Crippen LogP contribution in [0, 0.1) is 0 Å². The molecule has 1 aliphatic heterocycles. The lowest BCUT2D eigenvalue weighted by Crippen LogP contribution is -2.23. The van der Waals surface area contributed by atoms with E-state index in [2.05, 4.69) is 22.2 Å². The third kappa shape index (κ3) is 4.52. The number of nitrogens with zero attached hydrogens (tertiary/aromatic N) is 2. The summed E-state index contributed by atoms with van der Waals surface area (Å²) in [5, 5.41) is 3.27. The molecule has 5 N–H and O–H groups in total. The Hall–Kier alpha value is -2.83. The van der Waals surface area contributed by atoms with Crippen LogP contribution in [0.15, 0.2) is 24.3 Å². The molecule has 2 atom stereocenters. The maximum Gasteiger partial charge on any atom is 0.338 e. The summed E-state index contributed by atoms with van der Waals surface area (Å²) >= 11 is 0. The second kappa shape index (κ2) is 7.66. The van der Waals surface area contributed by atoms with Crippen molar-refractivity contribution in [2.45, 2.75) is 58.0 Å². The van der Waals surface area contributed by atoms with E-state index in [1.165, 1.54) is 5.56 Å². The van der Waals surface area contributed by atoms with Crippen molar-refractivity contribution >= 4 is 23.6 Å². The minimum atomic E-state index is -0.495. The molecule has 0 fully saturated rings. The van der Waals surface area contributed by atoms with Crippen LogP contribution in [0.25, 0.3) is 0 Å². The third-order valence-electron chi connectivity index (χ3n) is 4.98. The van der Waals surface area contributed by atoms with Gasteiger partial charge in [0, 0.05) is 18.0 Å². The Kier molecular flexibility index (Phi) is 5.45. The summed E-state index contributed by atoms with van der Waals surface area (Å²) in [7, 11) is 0. The fourth-order valence-corrected chi connectivity index (χ4v) is 3.51. The summed E-state index contributed by atoms with van der Waals surface area (Å²) < 4.78 is 5.41. The van der Waals surface area contributed by atoms with Crippen LogP contribution >= 0.6 is 0 Å². The summed E-state index contributed by atoms with van der Waals surface area (Å²) in [6, 6.07) is 7.67. The first-order valence-electron chi connectivity index (χ1n) is 9.64. The van der Waals surface area contributed by atoms with Gasteiger partial charge in [-0.3, -0.25) is 0 Å². The number of rotatable bonds is 5. The lowest BCUT2D eigenvalue weighted by molar-refractivity contribution is 0.00695. The summed E-state index contributed by atoms with van der Waals surface area (Å²) in [4.78, 5) is 20.5. The Morgan fingerprint density at radius 3 is 2.57 bits per heavy atom. The summed E-state index contributed by atoms with van der Waals surface area (Å²) in [5.41, 5.74) is 14.0. The Morgan fingerprint density at radius 2 is 1.93 bits per heavy atom. The van der Waals surface area contributed by atoms with Crippen LogP contribution in [0.5, 0.6) is 0 Å². The third-order valence-corrected chi connectivity index (χ3v) is 4.98. The van der Waals surface area contributed by atoms with Crippen LogP contribution in [0.1, 0.15) is 73.9 Å². The van der Waals surface area contributed by atoms with Gasteiger partial charge in [0.1, 0.15) is 17.2 Å². The van der Waals surface area contributed by atoms with Crippen molar-refractivity contribution in [3.63, 3.8) is 0 Å². The van der Waals surface area contributed by atoms with Gasteiger partial charge in [-0.05, 0) is 57.2 Å². The number of hydrogen-bond acceptors (Lipinski definition) is 7. The number of anilines is 3. The zero-order valence-electron chi connectivity index (χ0n) is 17.0. The highest BCUT2D eigenvalue weighted by atomic mass is 16.6. The largest absolute Gasteiger partial charge is 0.456 e. The van der Waals surface area contributed by atoms with Crippen LogP contribution in [-0.2, 0) is 4.74 Å². The number of carbonyl (C=O) groups is 1. The van der Waals surface area contributed by atoms with Crippen molar-refractivity contribution in [3.8, 4) is 0 Å². The lowest BCUT2D eigenvalue weighted by atomic mass is 9.89. The molecular weight excluding hydrogens is 354 g/mol. The van der Waals surface area contributed by atoms with Gasteiger partial charge in [0.25, 0.3) is 0 Å². The number of benzene rings is 1. The normalized spacial score (nSPS) is 16.9. The molecule has 3 rings (SSSR count). The topological polar surface area (TPSA) is 116 Å². The minimum Gasteiger partial charge on any atom is -0.456 e. The number of nitrogens with one attached hydrogen (secondary N) is 1. The van der Waals surface area contributed by atoms with E-state index in [-0.39, 0.29) is 17.8 Å². The molecule has 2 unspecified atom stereocenters. The number of fused-ring (bicyclic) bond motifs is 1. The molecule has 150 valence electrons. The molecule has 0 saturated heterocycles. The number of nitrogen functional groups attached to an aromatic ring is 2. The summed E-state index contributed by atoms with van der Waals surface area (Å²) in [5.74, 6) is 1.75. The van der Waals surface area contributed by atoms with E-state index in [9.17, 15) is 4.79 Å². The van der Waals surface area contributed by atoms with Crippen LogP contribution in [-0.4, -0.2) is 28.1 Å². The molecule has 1 aliphatic rings. The molecule has 0 bridgehead atoms. The minimum absolute atomic E-state index is 0.197. The van der Waals surface area contributed by atoms with Crippen LogP contribution < -0.4 is 16.8 Å². The van der Waals surface area contributed by atoms with Crippen LogP contribution in [0.3, 0.4) is 0 Å². The number of esters is 1. The second-order valence-electron chi connectivity index (χ2n) is 8.41. The first-order valence-corrected chi connectivity index (χ1v) is 9.64. The van der Waals surface area contributed by atoms with Gasteiger partial charge in [-0.15, -0.1) is 0 Å². The molecule has 0 amide bonds. The molecule has 2 aromatic rings. The first kappa shape index (κ1) is 19.9. The Balaban J connectivity index is 1.61. The van der Waals surface area contributed by atoms with E-state index in [0.29, 0.717) is 17.3 Å². The molecular formula is C21H29N5O2. The monoisotopic (exact) mass is 383 g/mol. The van der Waals surface area contributed by atoms with E-state index < -0.39 is 5.60 Å². The van der Waals surface area contributed by atoms with Gasteiger partial charge >= 0.3 is 5.97 Å². The molecule has 0 aliphatic carbocycles. The standard InChI is InChI=1S/C21H29N5O2/c1-12(13-7-9-14(10-8-13)19(27)28-21(2,3)4)5-6-15-11-24-18-16(15)17(22)25-20(23)26-18/h7-10,12,15H,5-6,11H2,1-4H3,(H5,22,23,24,25,26). The van der Waals surface area contributed by atoms with Gasteiger partial charge in [0.15, 0.2) is 0 Å². The smallest absolute Gasteiger partial charge is 0.338 e. The molecule has 7 heteroatoms. The van der Waals surface area contributed by atoms with Gasteiger partial charge in [0.05, 0.1) is 5.56 Å². The molecule has 1 aromatic carbocycles. The number of aromatic nitrogens is 2. The van der Waals surface area contributed by atoms with E-state index in [1.807, 2.05) is 45.0 Å².